The number of aromatic nitrogens is 1. The highest BCUT2D eigenvalue weighted by Crippen LogP contribution is 2.39. The van der Waals surface area contributed by atoms with E-state index in [1.54, 1.807) is 12.3 Å². The van der Waals surface area contributed by atoms with Crippen molar-refractivity contribution in [1.29, 1.82) is 0 Å². The van der Waals surface area contributed by atoms with Crippen molar-refractivity contribution in [3.8, 4) is 0 Å². The molecule has 94 valence electrons. The van der Waals surface area contributed by atoms with E-state index in [9.17, 15) is 4.39 Å². The fourth-order valence-corrected chi connectivity index (χ4v) is 3.40. The van der Waals surface area contributed by atoms with E-state index in [1.807, 2.05) is 11.8 Å². The van der Waals surface area contributed by atoms with Crippen molar-refractivity contribution in [3.63, 3.8) is 0 Å². The van der Waals surface area contributed by atoms with E-state index in [0.717, 1.165) is 12.1 Å². The van der Waals surface area contributed by atoms with Gasteiger partial charge in [-0.3, -0.25) is 4.98 Å². The Kier molecular flexibility index (Phi) is 4.40. The molecule has 0 aliphatic heterocycles. The average Bonchev–Trinajstić information content (AvgIpc) is 2.79. The van der Waals surface area contributed by atoms with Crippen LogP contribution in [0.15, 0.2) is 18.5 Å². The number of pyridine rings is 1. The zero-order valence-electron chi connectivity index (χ0n) is 10.2. The van der Waals surface area contributed by atoms with Crippen LogP contribution in [-0.4, -0.2) is 22.5 Å². The summed E-state index contributed by atoms with van der Waals surface area (Å²) < 4.78 is 13.3. The van der Waals surface area contributed by atoms with Crippen LogP contribution in [0.4, 0.5) is 4.39 Å². The van der Waals surface area contributed by atoms with Crippen molar-refractivity contribution in [3.05, 3.63) is 29.8 Å². The molecule has 2 nitrogen and oxygen atoms in total. The lowest BCUT2D eigenvalue weighted by Crippen LogP contribution is -2.34. The van der Waals surface area contributed by atoms with E-state index >= 15 is 0 Å². The fraction of sp³-hybridized carbons (Fsp3) is 0.615. The van der Waals surface area contributed by atoms with Crippen LogP contribution >= 0.6 is 11.8 Å². The molecule has 1 fully saturated rings. The number of hydrogen-bond donors (Lipinski definition) is 1. The first kappa shape index (κ1) is 12.8. The Morgan fingerprint density at radius 2 is 2.18 bits per heavy atom. The predicted molar refractivity (Wildman–Crippen MR) is 70.6 cm³/mol. The summed E-state index contributed by atoms with van der Waals surface area (Å²) in [5.74, 6) is -0.259. The van der Waals surface area contributed by atoms with Crippen LogP contribution in [0.2, 0.25) is 0 Å². The molecule has 1 N–H and O–H groups in total. The number of nitrogens with zero attached hydrogens (tertiary/aromatic N) is 1. The van der Waals surface area contributed by atoms with Crippen molar-refractivity contribution in [2.75, 3.05) is 12.8 Å². The Hall–Kier alpha value is -0.610. The van der Waals surface area contributed by atoms with Gasteiger partial charge in [-0.25, -0.2) is 4.39 Å². The van der Waals surface area contributed by atoms with Gasteiger partial charge in [-0.05, 0) is 30.7 Å². The van der Waals surface area contributed by atoms with Gasteiger partial charge in [0.25, 0.3) is 0 Å². The Morgan fingerprint density at radius 1 is 1.41 bits per heavy atom. The third-order valence-corrected chi connectivity index (χ3v) is 4.90. The quantitative estimate of drug-likeness (QED) is 0.874. The molecule has 0 saturated heterocycles. The van der Waals surface area contributed by atoms with E-state index in [2.05, 4.69) is 16.6 Å². The number of halogens is 1. The first-order valence-corrected chi connectivity index (χ1v) is 7.32. The van der Waals surface area contributed by atoms with Crippen molar-refractivity contribution < 1.29 is 4.39 Å². The summed E-state index contributed by atoms with van der Waals surface area (Å²) in [5.41, 5.74) is 0.916. The van der Waals surface area contributed by atoms with Crippen LogP contribution in [0.25, 0.3) is 0 Å². The smallest absolute Gasteiger partial charge is 0.141 e. The van der Waals surface area contributed by atoms with Gasteiger partial charge in [-0.1, -0.05) is 12.8 Å². The fourth-order valence-electron chi connectivity index (χ4n) is 2.46. The zero-order valence-corrected chi connectivity index (χ0v) is 11.0. The van der Waals surface area contributed by atoms with Crippen LogP contribution < -0.4 is 5.32 Å². The van der Waals surface area contributed by atoms with Gasteiger partial charge in [-0.15, -0.1) is 0 Å². The summed E-state index contributed by atoms with van der Waals surface area (Å²) in [7, 11) is 0. The molecule has 1 aliphatic rings. The van der Waals surface area contributed by atoms with E-state index in [4.69, 9.17) is 0 Å². The molecule has 0 amide bonds. The molecule has 0 spiro atoms. The van der Waals surface area contributed by atoms with Crippen molar-refractivity contribution in [1.82, 2.24) is 10.3 Å². The Morgan fingerprint density at radius 3 is 2.82 bits per heavy atom. The van der Waals surface area contributed by atoms with E-state index in [1.165, 1.54) is 31.9 Å². The van der Waals surface area contributed by atoms with Gasteiger partial charge in [0, 0.05) is 24.0 Å². The lowest BCUT2D eigenvalue weighted by molar-refractivity contribution is 0.531. The molecule has 0 unspecified atom stereocenters. The van der Waals surface area contributed by atoms with Crippen molar-refractivity contribution in [2.24, 2.45) is 0 Å². The molecule has 4 heteroatoms. The maximum Gasteiger partial charge on any atom is 0.141 e. The standard InChI is InChI=1S/C13H19FN2S/c1-17-13(4-2-3-5-13)10-16-8-11-6-12(14)9-15-7-11/h6-7,9,16H,2-5,8,10H2,1H3. The minimum absolute atomic E-state index is 0.259. The third-order valence-electron chi connectivity index (χ3n) is 3.49. The number of thioether (sulfide) groups is 1. The van der Waals surface area contributed by atoms with Gasteiger partial charge in [0.1, 0.15) is 5.82 Å². The summed E-state index contributed by atoms with van der Waals surface area (Å²) in [5, 5.41) is 3.44. The third kappa shape index (κ3) is 3.42. The molecule has 1 aliphatic carbocycles. The molecule has 1 aromatic heterocycles. The summed E-state index contributed by atoms with van der Waals surface area (Å²) >= 11 is 1.97. The Balaban J connectivity index is 1.82. The van der Waals surface area contributed by atoms with Crippen LogP contribution in [-0.2, 0) is 6.54 Å². The van der Waals surface area contributed by atoms with Gasteiger partial charge in [0.2, 0.25) is 0 Å². The topological polar surface area (TPSA) is 24.9 Å². The van der Waals surface area contributed by atoms with Crippen LogP contribution in [0.1, 0.15) is 31.2 Å². The lowest BCUT2D eigenvalue weighted by Gasteiger charge is -2.27. The summed E-state index contributed by atoms with van der Waals surface area (Å²) in [6.07, 6.45) is 10.4. The Bertz CT molecular complexity index is 364. The molecule has 17 heavy (non-hydrogen) atoms. The molecule has 0 aromatic carbocycles. The molecule has 2 rings (SSSR count). The van der Waals surface area contributed by atoms with Crippen molar-refractivity contribution in [2.45, 2.75) is 37.0 Å². The zero-order chi connectivity index (χ0) is 12.1. The summed E-state index contributed by atoms with van der Waals surface area (Å²) in [6, 6.07) is 1.54. The highest BCUT2D eigenvalue weighted by Gasteiger charge is 2.32. The highest BCUT2D eigenvalue weighted by molar-refractivity contribution is 8.00. The maximum absolute atomic E-state index is 12.9. The summed E-state index contributed by atoms with van der Waals surface area (Å²) in [4.78, 5) is 3.85. The second-order valence-corrected chi connectivity index (χ2v) is 5.98. The van der Waals surface area contributed by atoms with Crippen LogP contribution in [0.5, 0.6) is 0 Å². The molecular weight excluding hydrogens is 235 g/mol. The molecule has 1 aromatic rings. The first-order chi connectivity index (χ1) is 8.24. The van der Waals surface area contributed by atoms with Gasteiger partial charge in [0.05, 0.1) is 6.20 Å². The minimum Gasteiger partial charge on any atom is -0.311 e. The second-order valence-electron chi connectivity index (χ2n) is 4.71. The maximum atomic E-state index is 12.9. The first-order valence-electron chi connectivity index (χ1n) is 6.09. The SMILES string of the molecule is CSC1(CNCc2cncc(F)c2)CCCC1. The molecule has 0 bridgehead atoms. The molecule has 0 radical (unpaired) electrons. The second kappa shape index (κ2) is 5.83. The molecule has 0 atom stereocenters. The van der Waals surface area contributed by atoms with Gasteiger partial charge in [0.15, 0.2) is 0 Å². The van der Waals surface area contributed by atoms with Gasteiger partial charge >= 0.3 is 0 Å². The molecule has 1 saturated carbocycles. The van der Waals surface area contributed by atoms with E-state index in [-0.39, 0.29) is 5.82 Å². The number of hydrogen-bond acceptors (Lipinski definition) is 3. The molecule has 1 heterocycles. The normalized spacial score (nSPS) is 18.5. The summed E-state index contributed by atoms with van der Waals surface area (Å²) in [6.45, 7) is 1.71. The Labute approximate surface area is 106 Å². The number of nitrogens with one attached hydrogen (secondary N) is 1. The van der Waals surface area contributed by atoms with Gasteiger partial charge < -0.3 is 5.32 Å². The highest BCUT2D eigenvalue weighted by atomic mass is 32.2. The predicted octanol–water partition coefficient (Wildman–Crippen LogP) is 2.99. The lowest BCUT2D eigenvalue weighted by atomic mass is 10.1. The number of rotatable bonds is 5. The van der Waals surface area contributed by atoms with Crippen molar-refractivity contribution >= 4 is 11.8 Å². The van der Waals surface area contributed by atoms with E-state index < -0.39 is 0 Å². The minimum atomic E-state index is -0.259. The largest absolute Gasteiger partial charge is 0.311 e. The van der Waals surface area contributed by atoms with E-state index in [0.29, 0.717) is 11.3 Å². The van der Waals surface area contributed by atoms with Crippen LogP contribution in [0.3, 0.4) is 0 Å². The average molecular weight is 254 g/mol. The van der Waals surface area contributed by atoms with Crippen LogP contribution in [0, 0.1) is 5.82 Å². The molecular formula is C13H19FN2S. The van der Waals surface area contributed by atoms with Gasteiger partial charge in [-0.2, -0.15) is 11.8 Å². The monoisotopic (exact) mass is 254 g/mol.